The summed E-state index contributed by atoms with van der Waals surface area (Å²) in [5.41, 5.74) is 0.791. The van der Waals surface area contributed by atoms with Crippen LogP contribution in [0.2, 0.25) is 18.1 Å². The molecule has 0 aliphatic heterocycles. The van der Waals surface area contributed by atoms with Crippen LogP contribution in [0.3, 0.4) is 0 Å². The molecule has 0 spiro atoms. The smallest absolute Gasteiger partial charge is 0.250 e. The third-order valence-corrected chi connectivity index (χ3v) is 7.81. The second-order valence-electron chi connectivity index (χ2n) is 6.03. The van der Waals surface area contributed by atoms with Crippen LogP contribution in [0.1, 0.15) is 26.3 Å². The molecular formula is C14H21NO3Si. The molecule has 0 aliphatic carbocycles. The summed E-state index contributed by atoms with van der Waals surface area (Å²) in [7, 11) is -1.83. The van der Waals surface area contributed by atoms with Crippen molar-refractivity contribution in [1.29, 1.82) is 0 Å². The maximum atomic E-state index is 10.2. The van der Waals surface area contributed by atoms with E-state index >= 15 is 0 Å². The Morgan fingerprint density at radius 3 is 2.16 bits per heavy atom. The molecule has 0 saturated carbocycles. The number of hydrogen-bond acceptors (Lipinski definition) is 3. The van der Waals surface area contributed by atoms with Gasteiger partial charge in [-0.1, -0.05) is 32.9 Å². The van der Waals surface area contributed by atoms with Crippen LogP contribution in [0, 0.1) is 10.1 Å². The topological polar surface area (TPSA) is 52.4 Å². The summed E-state index contributed by atoms with van der Waals surface area (Å²) in [6.45, 7) is 10.9. The van der Waals surface area contributed by atoms with Crippen LogP contribution in [0.5, 0.6) is 5.75 Å². The zero-order valence-electron chi connectivity index (χ0n) is 12.1. The van der Waals surface area contributed by atoms with E-state index < -0.39 is 13.2 Å². The Balaban J connectivity index is 2.81. The van der Waals surface area contributed by atoms with E-state index in [1.54, 1.807) is 0 Å². The van der Waals surface area contributed by atoms with Crippen molar-refractivity contribution < 1.29 is 9.35 Å². The van der Waals surface area contributed by atoms with E-state index in [0.29, 0.717) is 0 Å². The van der Waals surface area contributed by atoms with E-state index in [4.69, 9.17) is 4.43 Å². The minimum Gasteiger partial charge on any atom is -0.544 e. The Hall–Kier alpha value is -1.62. The number of nitro groups is 1. The highest BCUT2D eigenvalue weighted by molar-refractivity contribution is 6.74. The lowest BCUT2D eigenvalue weighted by atomic mass is 10.2. The van der Waals surface area contributed by atoms with Crippen molar-refractivity contribution in [2.24, 2.45) is 0 Å². The van der Waals surface area contributed by atoms with Crippen molar-refractivity contribution in [3.63, 3.8) is 0 Å². The van der Waals surface area contributed by atoms with Crippen molar-refractivity contribution in [3.05, 3.63) is 46.1 Å². The van der Waals surface area contributed by atoms with E-state index in [9.17, 15) is 10.1 Å². The normalized spacial score (nSPS) is 12.7. The quantitative estimate of drug-likeness (QED) is 0.468. The Morgan fingerprint density at radius 1 is 1.21 bits per heavy atom. The van der Waals surface area contributed by atoms with E-state index in [2.05, 4.69) is 33.9 Å². The zero-order chi connectivity index (χ0) is 14.7. The third-order valence-electron chi connectivity index (χ3n) is 3.45. The van der Waals surface area contributed by atoms with Crippen molar-refractivity contribution in [2.45, 2.75) is 38.9 Å². The standard InChI is InChI=1S/C14H21NO3Si/c1-14(2,3)19(4,5)18-13-8-6-12(7-9-13)10-11-15(16)17/h6-11H,1-5H3/b11-10+. The van der Waals surface area contributed by atoms with Gasteiger partial charge in [-0.15, -0.1) is 0 Å². The van der Waals surface area contributed by atoms with Gasteiger partial charge in [0.25, 0.3) is 0 Å². The monoisotopic (exact) mass is 279 g/mol. The second kappa shape index (κ2) is 5.57. The van der Waals surface area contributed by atoms with Crippen LogP contribution in [-0.4, -0.2) is 13.2 Å². The highest BCUT2D eigenvalue weighted by atomic mass is 28.4. The van der Waals surface area contributed by atoms with Gasteiger partial charge in [0.2, 0.25) is 14.5 Å². The highest BCUT2D eigenvalue weighted by Crippen LogP contribution is 2.37. The molecule has 19 heavy (non-hydrogen) atoms. The predicted molar refractivity (Wildman–Crippen MR) is 80.3 cm³/mol. The van der Waals surface area contributed by atoms with Gasteiger partial charge in [0, 0.05) is 6.08 Å². The lowest BCUT2D eigenvalue weighted by molar-refractivity contribution is -0.400. The molecule has 0 amide bonds. The van der Waals surface area contributed by atoms with E-state index in [0.717, 1.165) is 17.5 Å². The molecular weight excluding hydrogens is 258 g/mol. The molecule has 5 heteroatoms. The van der Waals surface area contributed by atoms with Crippen molar-refractivity contribution in [3.8, 4) is 5.75 Å². The van der Waals surface area contributed by atoms with Crippen LogP contribution >= 0.6 is 0 Å². The Morgan fingerprint density at radius 2 is 1.74 bits per heavy atom. The number of hydrogen-bond donors (Lipinski definition) is 0. The highest BCUT2D eigenvalue weighted by Gasteiger charge is 2.38. The molecule has 0 unspecified atom stereocenters. The van der Waals surface area contributed by atoms with Crippen LogP contribution in [0.25, 0.3) is 6.08 Å². The maximum absolute atomic E-state index is 10.2. The SMILES string of the molecule is CC(C)(C)[Si](C)(C)Oc1ccc(/C=C/[N+](=O)[O-])cc1. The summed E-state index contributed by atoms with van der Waals surface area (Å²) >= 11 is 0. The molecule has 0 atom stereocenters. The van der Waals surface area contributed by atoms with Gasteiger partial charge in [-0.2, -0.15) is 0 Å². The number of benzene rings is 1. The minimum atomic E-state index is -1.83. The molecule has 104 valence electrons. The maximum Gasteiger partial charge on any atom is 0.250 e. The van der Waals surface area contributed by atoms with Gasteiger partial charge in [0.1, 0.15) is 5.75 Å². The largest absolute Gasteiger partial charge is 0.544 e. The molecule has 0 saturated heterocycles. The van der Waals surface area contributed by atoms with Crippen molar-refractivity contribution >= 4 is 14.4 Å². The summed E-state index contributed by atoms with van der Waals surface area (Å²) in [6.07, 6.45) is 2.40. The van der Waals surface area contributed by atoms with Gasteiger partial charge in [0.05, 0.1) is 4.92 Å². The third kappa shape index (κ3) is 4.52. The van der Waals surface area contributed by atoms with Crippen molar-refractivity contribution in [1.82, 2.24) is 0 Å². The molecule has 0 bridgehead atoms. The molecule has 0 fully saturated rings. The van der Waals surface area contributed by atoms with Gasteiger partial charge in [0.15, 0.2) is 0 Å². The lowest BCUT2D eigenvalue weighted by Crippen LogP contribution is -2.43. The summed E-state index contributed by atoms with van der Waals surface area (Å²) in [5.74, 6) is 0.824. The van der Waals surface area contributed by atoms with Crippen LogP contribution in [0.15, 0.2) is 30.5 Å². The summed E-state index contributed by atoms with van der Waals surface area (Å²) in [4.78, 5) is 9.76. The van der Waals surface area contributed by atoms with Crippen LogP contribution in [0.4, 0.5) is 0 Å². The molecule has 0 aliphatic rings. The summed E-state index contributed by atoms with van der Waals surface area (Å²) in [5, 5.41) is 10.4. The van der Waals surface area contributed by atoms with E-state index in [-0.39, 0.29) is 5.04 Å². The zero-order valence-corrected chi connectivity index (χ0v) is 13.1. The average Bonchev–Trinajstić information content (AvgIpc) is 2.26. The van der Waals surface area contributed by atoms with Gasteiger partial charge in [-0.05, 0) is 35.8 Å². The van der Waals surface area contributed by atoms with Gasteiger partial charge in [-0.25, -0.2) is 0 Å². The van der Waals surface area contributed by atoms with Gasteiger partial charge in [-0.3, -0.25) is 10.1 Å². The first-order valence-electron chi connectivity index (χ1n) is 6.22. The minimum absolute atomic E-state index is 0.150. The second-order valence-corrected chi connectivity index (χ2v) is 10.8. The molecule has 1 aromatic rings. The molecule has 0 radical (unpaired) electrons. The fourth-order valence-corrected chi connectivity index (χ4v) is 2.27. The first-order chi connectivity index (χ1) is 8.62. The van der Waals surface area contributed by atoms with Gasteiger partial charge < -0.3 is 4.43 Å². The van der Waals surface area contributed by atoms with Gasteiger partial charge >= 0.3 is 0 Å². The number of rotatable bonds is 4. The predicted octanol–water partition coefficient (Wildman–Crippen LogP) is 4.32. The molecule has 0 aromatic heterocycles. The Kier molecular flexibility index (Phi) is 4.52. The fraction of sp³-hybridized carbons (Fsp3) is 0.429. The average molecular weight is 279 g/mol. The molecule has 0 heterocycles. The molecule has 0 N–H and O–H groups in total. The summed E-state index contributed by atoms with van der Waals surface area (Å²) < 4.78 is 6.13. The van der Waals surface area contributed by atoms with E-state index in [1.165, 1.54) is 6.08 Å². The Labute approximate surface area is 115 Å². The molecule has 4 nitrogen and oxygen atoms in total. The van der Waals surface area contributed by atoms with Crippen LogP contribution < -0.4 is 4.43 Å². The molecule has 1 aromatic carbocycles. The molecule has 1 rings (SSSR count). The van der Waals surface area contributed by atoms with Crippen LogP contribution in [-0.2, 0) is 0 Å². The fourth-order valence-electron chi connectivity index (χ4n) is 1.24. The number of nitrogens with zero attached hydrogens (tertiary/aromatic N) is 1. The summed E-state index contributed by atoms with van der Waals surface area (Å²) in [6, 6.07) is 7.37. The Bertz CT molecular complexity index is 472. The first-order valence-corrected chi connectivity index (χ1v) is 9.13. The lowest BCUT2D eigenvalue weighted by Gasteiger charge is -2.36. The first kappa shape index (κ1) is 15.4. The van der Waals surface area contributed by atoms with Crippen molar-refractivity contribution in [2.75, 3.05) is 0 Å². The van der Waals surface area contributed by atoms with E-state index in [1.807, 2.05) is 24.3 Å².